The Bertz CT molecular complexity index is 794. The average Bonchev–Trinajstić information content (AvgIpc) is 2.78. The van der Waals surface area contributed by atoms with Crippen LogP contribution in [0.1, 0.15) is 18.5 Å². The molecule has 2 N–H and O–H groups in total. The third-order valence-corrected chi connectivity index (χ3v) is 6.82. The van der Waals surface area contributed by atoms with Crippen LogP contribution < -0.4 is 20.1 Å². The lowest BCUT2D eigenvalue weighted by molar-refractivity contribution is 0.0169. The molecule has 1 heterocycles. The van der Waals surface area contributed by atoms with Crippen molar-refractivity contribution in [1.29, 1.82) is 0 Å². The van der Waals surface area contributed by atoms with E-state index in [2.05, 4.69) is 20.5 Å². The predicted molar refractivity (Wildman–Crippen MR) is 118 cm³/mol. The van der Waals surface area contributed by atoms with Gasteiger partial charge < -0.3 is 24.8 Å². The molecule has 1 fully saturated rings. The van der Waals surface area contributed by atoms with Gasteiger partial charge in [0.2, 0.25) is 0 Å². The van der Waals surface area contributed by atoms with E-state index in [1.807, 2.05) is 18.2 Å². The first-order chi connectivity index (χ1) is 14.4. The second-order valence-electron chi connectivity index (χ2n) is 6.89. The summed E-state index contributed by atoms with van der Waals surface area (Å²) in [6.07, 6.45) is 0. The lowest BCUT2D eigenvalue weighted by atomic mass is 10.0. The Hall–Kier alpha value is -2.04. The van der Waals surface area contributed by atoms with Crippen molar-refractivity contribution < 1.29 is 22.6 Å². The van der Waals surface area contributed by atoms with Crippen molar-refractivity contribution in [3.8, 4) is 11.5 Å². The summed E-state index contributed by atoms with van der Waals surface area (Å²) in [5, 5.41) is 6.41. The van der Waals surface area contributed by atoms with Crippen LogP contribution in [0.2, 0.25) is 0 Å². The summed E-state index contributed by atoms with van der Waals surface area (Å²) in [4.78, 5) is 6.57. The van der Waals surface area contributed by atoms with E-state index in [0.717, 1.165) is 18.7 Å². The zero-order valence-corrected chi connectivity index (χ0v) is 19.1. The first-order valence-electron chi connectivity index (χ1n) is 10.1. The second kappa shape index (κ2) is 12.0. The van der Waals surface area contributed by atoms with E-state index >= 15 is 0 Å². The third-order valence-electron chi connectivity index (χ3n) is 5.11. The highest BCUT2D eigenvalue weighted by atomic mass is 32.2. The van der Waals surface area contributed by atoms with E-state index in [1.54, 1.807) is 28.2 Å². The quantitative estimate of drug-likeness (QED) is 0.403. The van der Waals surface area contributed by atoms with Crippen molar-refractivity contribution in [2.75, 3.05) is 72.2 Å². The van der Waals surface area contributed by atoms with Crippen LogP contribution in [0.25, 0.3) is 0 Å². The smallest absolute Gasteiger partial charge is 0.191 e. The molecule has 0 spiro atoms. The van der Waals surface area contributed by atoms with Crippen molar-refractivity contribution in [3.63, 3.8) is 0 Å². The van der Waals surface area contributed by atoms with Gasteiger partial charge in [0.15, 0.2) is 27.3 Å². The molecule has 1 aromatic carbocycles. The van der Waals surface area contributed by atoms with E-state index in [0.29, 0.717) is 43.8 Å². The van der Waals surface area contributed by atoms with Gasteiger partial charge in [0.1, 0.15) is 0 Å². The van der Waals surface area contributed by atoms with Crippen LogP contribution in [0.15, 0.2) is 23.2 Å². The molecule has 0 aromatic heterocycles. The van der Waals surface area contributed by atoms with Gasteiger partial charge in [-0.25, -0.2) is 8.42 Å². The fourth-order valence-electron chi connectivity index (χ4n) is 3.29. The standard InChI is InChI=1S/C20H34N4O5S/c1-5-30(25,26)13-8-22-20(21-2)23-15-17(24-9-11-29-12-10-24)16-6-7-18(27-3)19(14-16)28-4/h6-7,14,17H,5,8-13,15H2,1-4H3,(H2,21,22,23). The molecule has 0 saturated carbocycles. The number of aliphatic imine (C=N–C) groups is 1. The Morgan fingerprint density at radius 3 is 2.50 bits per heavy atom. The molecule has 10 heteroatoms. The van der Waals surface area contributed by atoms with Crippen LogP contribution in [0.4, 0.5) is 0 Å². The minimum absolute atomic E-state index is 0.0617. The van der Waals surface area contributed by atoms with Gasteiger partial charge in [0.05, 0.1) is 39.2 Å². The summed E-state index contributed by atoms with van der Waals surface area (Å²) in [7, 11) is 1.89. The van der Waals surface area contributed by atoms with E-state index < -0.39 is 9.84 Å². The molecule has 0 radical (unpaired) electrons. The Labute approximate surface area is 179 Å². The number of morpholine rings is 1. The minimum atomic E-state index is -3.02. The number of benzene rings is 1. The van der Waals surface area contributed by atoms with Crippen molar-refractivity contribution in [3.05, 3.63) is 23.8 Å². The summed E-state index contributed by atoms with van der Waals surface area (Å²) in [6, 6.07) is 5.99. The van der Waals surface area contributed by atoms with E-state index in [9.17, 15) is 8.42 Å². The number of nitrogens with zero attached hydrogens (tertiary/aromatic N) is 2. The van der Waals surface area contributed by atoms with Gasteiger partial charge in [0.25, 0.3) is 0 Å². The molecule has 1 aliphatic rings. The molecule has 0 aliphatic carbocycles. The van der Waals surface area contributed by atoms with E-state index in [-0.39, 0.29) is 17.5 Å². The number of methoxy groups -OCH3 is 2. The largest absolute Gasteiger partial charge is 0.493 e. The number of hydrogen-bond acceptors (Lipinski definition) is 7. The molecule has 0 amide bonds. The Kier molecular flexibility index (Phi) is 9.67. The molecule has 170 valence electrons. The monoisotopic (exact) mass is 442 g/mol. The van der Waals surface area contributed by atoms with Crippen molar-refractivity contribution in [2.45, 2.75) is 13.0 Å². The maximum atomic E-state index is 11.7. The summed E-state index contributed by atoms with van der Waals surface area (Å²) < 4.78 is 39.7. The number of hydrogen-bond donors (Lipinski definition) is 2. The molecular weight excluding hydrogens is 408 g/mol. The summed E-state index contributed by atoms with van der Waals surface area (Å²) in [5.41, 5.74) is 1.09. The minimum Gasteiger partial charge on any atom is -0.493 e. The van der Waals surface area contributed by atoms with Crippen molar-refractivity contribution >= 4 is 15.8 Å². The highest BCUT2D eigenvalue weighted by Crippen LogP contribution is 2.32. The number of nitrogens with one attached hydrogen (secondary N) is 2. The van der Waals surface area contributed by atoms with Crippen LogP contribution in [0.5, 0.6) is 11.5 Å². The second-order valence-corrected chi connectivity index (χ2v) is 9.37. The normalized spacial score (nSPS) is 16.7. The third kappa shape index (κ3) is 7.03. The predicted octanol–water partition coefficient (Wildman–Crippen LogP) is 0.677. The van der Waals surface area contributed by atoms with Crippen molar-refractivity contribution in [2.24, 2.45) is 4.99 Å². The van der Waals surface area contributed by atoms with Crippen molar-refractivity contribution in [1.82, 2.24) is 15.5 Å². The molecule has 1 saturated heterocycles. The zero-order valence-electron chi connectivity index (χ0n) is 18.3. The van der Waals surface area contributed by atoms with Crippen LogP contribution >= 0.6 is 0 Å². The fourth-order valence-corrected chi connectivity index (χ4v) is 3.99. The van der Waals surface area contributed by atoms with Crippen LogP contribution in [-0.4, -0.2) is 91.4 Å². The first kappa shape index (κ1) is 24.2. The highest BCUT2D eigenvalue weighted by Gasteiger charge is 2.24. The highest BCUT2D eigenvalue weighted by molar-refractivity contribution is 7.91. The summed E-state index contributed by atoms with van der Waals surface area (Å²) >= 11 is 0. The zero-order chi connectivity index (χ0) is 22.0. The first-order valence-corrected chi connectivity index (χ1v) is 11.9. The Morgan fingerprint density at radius 1 is 1.20 bits per heavy atom. The summed E-state index contributed by atoms with van der Waals surface area (Å²) in [5.74, 6) is 2.15. The molecular formula is C20H34N4O5S. The lowest BCUT2D eigenvalue weighted by Crippen LogP contribution is -2.46. The van der Waals surface area contributed by atoms with Gasteiger partial charge in [-0.1, -0.05) is 13.0 Å². The van der Waals surface area contributed by atoms with E-state index in [4.69, 9.17) is 14.2 Å². The Balaban J connectivity index is 2.10. The van der Waals surface area contributed by atoms with Gasteiger partial charge in [-0.15, -0.1) is 0 Å². The molecule has 2 rings (SSSR count). The van der Waals surface area contributed by atoms with Crippen LogP contribution in [0.3, 0.4) is 0 Å². The van der Waals surface area contributed by atoms with Gasteiger partial charge in [-0.05, 0) is 17.7 Å². The fraction of sp³-hybridized carbons (Fsp3) is 0.650. The topological polar surface area (TPSA) is 101 Å². The SMILES string of the molecule is CCS(=O)(=O)CCNC(=NC)NCC(c1ccc(OC)c(OC)c1)N1CCOCC1. The molecule has 0 bridgehead atoms. The van der Waals surface area contributed by atoms with Gasteiger partial charge in [-0.2, -0.15) is 0 Å². The average molecular weight is 443 g/mol. The molecule has 9 nitrogen and oxygen atoms in total. The Morgan fingerprint density at radius 2 is 1.90 bits per heavy atom. The molecule has 1 unspecified atom stereocenters. The maximum absolute atomic E-state index is 11.7. The maximum Gasteiger partial charge on any atom is 0.191 e. The van der Waals surface area contributed by atoms with Gasteiger partial charge >= 0.3 is 0 Å². The number of ether oxygens (including phenoxy) is 3. The van der Waals surface area contributed by atoms with E-state index in [1.165, 1.54) is 0 Å². The van der Waals surface area contributed by atoms with Gasteiger partial charge in [-0.3, -0.25) is 9.89 Å². The van der Waals surface area contributed by atoms with Crippen LogP contribution in [0, 0.1) is 0 Å². The molecule has 1 aromatic rings. The number of rotatable bonds is 10. The lowest BCUT2D eigenvalue weighted by Gasteiger charge is -2.35. The van der Waals surface area contributed by atoms with Crippen LogP contribution in [-0.2, 0) is 14.6 Å². The summed E-state index contributed by atoms with van der Waals surface area (Å²) in [6.45, 7) is 5.57. The number of guanidine groups is 1. The van der Waals surface area contributed by atoms with Gasteiger partial charge in [0, 0.05) is 39.0 Å². The molecule has 1 atom stereocenters. The molecule has 1 aliphatic heterocycles. The number of sulfone groups is 1. The molecule has 30 heavy (non-hydrogen) atoms.